The first-order chi connectivity index (χ1) is 10.2. The van der Waals surface area contributed by atoms with Crippen molar-refractivity contribution in [3.05, 3.63) is 48.2 Å². The van der Waals surface area contributed by atoms with Gasteiger partial charge in [0.05, 0.1) is 0 Å². The third kappa shape index (κ3) is 4.34. The average molecular weight is 288 g/mol. The van der Waals surface area contributed by atoms with Gasteiger partial charge in [-0.3, -0.25) is 4.79 Å². The Morgan fingerprint density at radius 2 is 2.10 bits per heavy atom. The van der Waals surface area contributed by atoms with E-state index < -0.39 is 0 Å². The largest absolute Gasteiger partial charge is 0.484 e. The summed E-state index contributed by atoms with van der Waals surface area (Å²) >= 11 is 0. The van der Waals surface area contributed by atoms with E-state index in [0.717, 1.165) is 25.1 Å². The standard InChI is InChI=1S/C16H20N2O3/c1-3-4-10-18(2)16(19)14-11-21-15(17-14)12-20-13-8-6-5-7-9-13/h5-9,11H,3-4,10,12H2,1-2H3. The number of hydrogen-bond acceptors (Lipinski definition) is 4. The summed E-state index contributed by atoms with van der Waals surface area (Å²) in [5, 5.41) is 0. The molecular weight excluding hydrogens is 268 g/mol. The van der Waals surface area contributed by atoms with Crippen LogP contribution in [0.15, 0.2) is 41.0 Å². The van der Waals surface area contributed by atoms with Crippen molar-refractivity contribution in [2.45, 2.75) is 26.4 Å². The van der Waals surface area contributed by atoms with Gasteiger partial charge in [0.15, 0.2) is 12.3 Å². The van der Waals surface area contributed by atoms with Crippen LogP contribution in [0.2, 0.25) is 0 Å². The van der Waals surface area contributed by atoms with Crippen molar-refractivity contribution in [1.82, 2.24) is 9.88 Å². The van der Waals surface area contributed by atoms with Gasteiger partial charge in [-0.05, 0) is 18.6 Å². The highest BCUT2D eigenvalue weighted by Crippen LogP contribution is 2.12. The second-order valence-electron chi connectivity index (χ2n) is 4.81. The van der Waals surface area contributed by atoms with E-state index in [1.165, 1.54) is 6.26 Å². The fraction of sp³-hybridized carbons (Fsp3) is 0.375. The first-order valence-corrected chi connectivity index (χ1v) is 7.08. The van der Waals surface area contributed by atoms with Crippen LogP contribution in [0, 0.1) is 0 Å². The maximum atomic E-state index is 12.1. The highest BCUT2D eigenvalue weighted by Gasteiger charge is 2.16. The van der Waals surface area contributed by atoms with Crippen molar-refractivity contribution >= 4 is 5.91 Å². The fourth-order valence-electron chi connectivity index (χ4n) is 1.83. The Balaban J connectivity index is 1.90. The molecule has 0 aliphatic carbocycles. The molecule has 0 saturated carbocycles. The summed E-state index contributed by atoms with van der Waals surface area (Å²) in [5.41, 5.74) is 0.320. The second-order valence-corrected chi connectivity index (χ2v) is 4.81. The Labute approximate surface area is 124 Å². The Hall–Kier alpha value is -2.30. The number of para-hydroxylation sites is 1. The first-order valence-electron chi connectivity index (χ1n) is 7.08. The number of benzene rings is 1. The van der Waals surface area contributed by atoms with Crippen molar-refractivity contribution in [2.75, 3.05) is 13.6 Å². The van der Waals surface area contributed by atoms with Crippen molar-refractivity contribution < 1.29 is 13.9 Å². The molecule has 0 N–H and O–H groups in total. The minimum Gasteiger partial charge on any atom is -0.484 e. The number of carbonyl (C=O) groups excluding carboxylic acids is 1. The summed E-state index contributed by atoms with van der Waals surface area (Å²) in [6, 6.07) is 9.41. The van der Waals surface area contributed by atoms with Gasteiger partial charge >= 0.3 is 0 Å². The van der Waals surface area contributed by atoms with Crippen LogP contribution in [0.3, 0.4) is 0 Å². The van der Waals surface area contributed by atoms with Crippen LogP contribution in [0.4, 0.5) is 0 Å². The van der Waals surface area contributed by atoms with Gasteiger partial charge < -0.3 is 14.1 Å². The highest BCUT2D eigenvalue weighted by atomic mass is 16.5. The van der Waals surface area contributed by atoms with Gasteiger partial charge in [0.2, 0.25) is 5.89 Å². The van der Waals surface area contributed by atoms with Gasteiger partial charge in [0, 0.05) is 13.6 Å². The predicted octanol–water partition coefficient (Wildman–Crippen LogP) is 3.13. The lowest BCUT2D eigenvalue weighted by atomic mass is 10.3. The lowest BCUT2D eigenvalue weighted by molar-refractivity contribution is 0.0787. The molecule has 0 bridgehead atoms. The molecule has 5 heteroatoms. The fourth-order valence-corrected chi connectivity index (χ4v) is 1.83. The van der Waals surface area contributed by atoms with Crippen LogP contribution in [0.1, 0.15) is 36.1 Å². The zero-order valence-electron chi connectivity index (χ0n) is 12.4. The minimum atomic E-state index is -0.127. The third-order valence-electron chi connectivity index (χ3n) is 3.07. The molecule has 0 aliphatic rings. The molecule has 1 heterocycles. The molecule has 21 heavy (non-hydrogen) atoms. The van der Waals surface area contributed by atoms with Gasteiger partial charge in [0.1, 0.15) is 12.0 Å². The molecular formula is C16H20N2O3. The first kappa shape index (κ1) is 15.1. The maximum absolute atomic E-state index is 12.1. The SMILES string of the molecule is CCCCN(C)C(=O)c1coc(COc2ccccc2)n1. The molecule has 0 fully saturated rings. The highest BCUT2D eigenvalue weighted by molar-refractivity contribution is 5.91. The number of hydrogen-bond donors (Lipinski definition) is 0. The van der Waals surface area contributed by atoms with Gasteiger partial charge in [-0.25, -0.2) is 4.98 Å². The molecule has 2 rings (SSSR count). The Kier molecular flexibility index (Phi) is 5.37. The van der Waals surface area contributed by atoms with Crippen LogP contribution in [0.5, 0.6) is 5.75 Å². The van der Waals surface area contributed by atoms with E-state index in [0.29, 0.717) is 11.6 Å². The molecule has 0 saturated heterocycles. The second kappa shape index (κ2) is 7.47. The van der Waals surface area contributed by atoms with Gasteiger partial charge in [-0.1, -0.05) is 31.5 Å². The van der Waals surface area contributed by atoms with Crippen LogP contribution in [0.25, 0.3) is 0 Å². The number of nitrogens with zero attached hydrogens (tertiary/aromatic N) is 2. The number of ether oxygens (including phenoxy) is 1. The summed E-state index contributed by atoms with van der Waals surface area (Å²) in [6.07, 6.45) is 3.41. The molecule has 0 spiro atoms. The summed E-state index contributed by atoms with van der Waals surface area (Å²) in [6.45, 7) is 3.02. The molecule has 2 aromatic rings. The van der Waals surface area contributed by atoms with Crippen LogP contribution < -0.4 is 4.74 Å². The number of rotatable bonds is 7. The normalized spacial score (nSPS) is 10.4. The number of oxazole rings is 1. The van der Waals surface area contributed by atoms with Crippen molar-refractivity contribution in [2.24, 2.45) is 0 Å². The summed E-state index contributed by atoms with van der Waals surface area (Å²) in [4.78, 5) is 17.9. The Morgan fingerprint density at radius 3 is 2.81 bits per heavy atom. The zero-order valence-corrected chi connectivity index (χ0v) is 12.4. The Bertz CT molecular complexity index is 566. The van der Waals surface area contributed by atoms with Gasteiger partial charge in [0.25, 0.3) is 5.91 Å². The van der Waals surface area contributed by atoms with Crippen molar-refractivity contribution in [1.29, 1.82) is 0 Å². The summed E-state index contributed by atoms with van der Waals surface area (Å²) in [7, 11) is 1.77. The van der Waals surface area contributed by atoms with Gasteiger partial charge in [-0.2, -0.15) is 0 Å². The third-order valence-corrected chi connectivity index (χ3v) is 3.07. The molecule has 1 aromatic carbocycles. The maximum Gasteiger partial charge on any atom is 0.275 e. The smallest absolute Gasteiger partial charge is 0.275 e. The molecule has 1 aromatic heterocycles. The number of aromatic nitrogens is 1. The average Bonchev–Trinajstić information content (AvgIpc) is 2.99. The van der Waals surface area contributed by atoms with E-state index in [9.17, 15) is 4.79 Å². The molecule has 1 amide bonds. The molecule has 0 atom stereocenters. The molecule has 0 aliphatic heterocycles. The van der Waals surface area contributed by atoms with Crippen molar-refractivity contribution in [3.63, 3.8) is 0 Å². The molecule has 5 nitrogen and oxygen atoms in total. The van der Waals surface area contributed by atoms with E-state index in [1.807, 2.05) is 30.3 Å². The van der Waals surface area contributed by atoms with Crippen LogP contribution >= 0.6 is 0 Å². The molecule has 0 radical (unpaired) electrons. The minimum absolute atomic E-state index is 0.127. The summed E-state index contributed by atoms with van der Waals surface area (Å²) < 4.78 is 10.8. The Morgan fingerprint density at radius 1 is 1.33 bits per heavy atom. The quantitative estimate of drug-likeness (QED) is 0.785. The number of unbranched alkanes of at least 4 members (excludes halogenated alkanes) is 1. The van der Waals surface area contributed by atoms with Crippen molar-refractivity contribution in [3.8, 4) is 5.75 Å². The van der Waals surface area contributed by atoms with Crippen LogP contribution in [-0.4, -0.2) is 29.4 Å². The van der Waals surface area contributed by atoms with E-state index in [2.05, 4.69) is 11.9 Å². The van der Waals surface area contributed by atoms with E-state index in [4.69, 9.17) is 9.15 Å². The van der Waals surface area contributed by atoms with E-state index in [-0.39, 0.29) is 12.5 Å². The lowest BCUT2D eigenvalue weighted by Gasteiger charge is -2.14. The topological polar surface area (TPSA) is 55.6 Å². The lowest BCUT2D eigenvalue weighted by Crippen LogP contribution is -2.27. The molecule has 0 unspecified atom stereocenters. The predicted molar refractivity (Wildman–Crippen MR) is 79.1 cm³/mol. The van der Waals surface area contributed by atoms with Crippen LogP contribution in [-0.2, 0) is 6.61 Å². The van der Waals surface area contributed by atoms with Gasteiger partial charge in [-0.15, -0.1) is 0 Å². The zero-order chi connectivity index (χ0) is 15.1. The van der Waals surface area contributed by atoms with E-state index >= 15 is 0 Å². The summed E-state index contributed by atoms with van der Waals surface area (Å²) in [5.74, 6) is 1.01. The monoisotopic (exact) mass is 288 g/mol. The number of carbonyl (C=O) groups is 1. The molecule has 112 valence electrons. The van der Waals surface area contributed by atoms with E-state index in [1.54, 1.807) is 11.9 Å². The number of amides is 1.